The molecule has 0 spiro atoms. The third-order valence-corrected chi connectivity index (χ3v) is 4.76. The minimum Gasteiger partial charge on any atom is -0.508 e. The van der Waals surface area contributed by atoms with E-state index in [-0.39, 0.29) is 11.3 Å². The van der Waals surface area contributed by atoms with E-state index in [4.69, 9.17) is 4.42 Å². The SMILES string of the molecule is N#CC(=Cc1cc2ccc(O)cc2oc1=O)c1nc2ccccc2s1. The zero-order valence-corrected chi connectivity index (χ0v) is 13.6. The number of fused-ring (bicyclic) bond motifs is 2. The topological polar surface area (TPSA) is 87.1 Å². The number of hydrogen-bond acceptors (Lipinski definition) is 6. The molecular weight excluding hydrogens is 336 g/mol. The Hall–Kier alpha value is -3.43. The van der Waals surface area contributed by atoms with Crippen LogP contribution in [0.25, 0.3) is 32.8 Å². The molecule has 0 saturated heterocycles. The Bertz CT molecular complexity index is 1210. The highest BCUT2D eigenvalue weighted by molar-refractivity contribution is 7.19. The van der Waals surface area contributed by atoms with Crippen molar-refractivity contribution in [3.05, 3.63) is 69.5 Å². The molecule has 25 heavy (non-hydrogen) atoms. The van der Waals surface area contributed by atoms with E-state index in [1.54, 1.807) is 12.1 Å². The number of nitriles is 1. The first-order chi connectivity index (χ1) is 12.1. The Morgan fingerprint density at radius 1 is 1.24 bits per heavy atom. The summed E-state index contributed by atoms with van der Waals surface area (Å²) in [4.78, 5) is 16.6. The van der Waals surface area contributed by atoms with Gasteiger partial charge in [0, 0.05) is 11.5 Å². The molecular formula is C19H10N2O3S. The van der Waals surface area contributed by atoms with Crippen LogP contribution in [0.1, 0.15) is 10.6 Å². The Kier molecular flexibility index (Phi) is 3.56. The molecule has 0 unspecified atom stereocenters. The van der Waals surface area contributed by atoms with Gasteiger partial charge in [0.1, 0.15) is 22.4 Å². The smallest absolute Gasteiger partial charge is 0.343 e. The molecule has 1 N–H and O–H groups in total. The lowest BCUT2D eigenvalue weighted by Gasteiger charge is -2.00. The van der Waals surface area contributed by atoms with Gasteiger partial charge in [-0.25, -0.2) is 9.78 Å². The van der Waals surface area contributed by atoms with Crippen LogP contribution in [-0.4, -0.2) is 10.1 Å². The predicted octanol–water partition coefficient (Wildman–Crippen LogP) is 4.17. The monoisotopic (exact) mass is 346 g/mol. The molecule has 0 fully saturated rings. The molecule has 6 heteroatoms. The van der Waals surface area contributed by atoms with E-state index >= 15 is 0 Å². The molecule has 0 aliphatic carbocycles. The highest BCUT2D eigenvalue weighted by atomic mass is 32.1. The van der Waals surface area contributed by atoms with E-state index in [1.165, 1.54) is 29.5 Å². The van der Waals surface area contributed by atoms with Gasteiger partial charge >= 0.3 is 5.63 Å². The van der Waals surface area contributed by atoms with Crippen molar-refractivity contribution in [1.29, 1.82) is 5.26 Å². The second kappa shape index (κ2) is 5.89. The molecule has 2 aromatic heterocycles. The Morgan fingerprint density at radius 2 is 2.08 bits per heavy atom. The summed E-state index contributed by atoms with van der Waals surface area (Å²) in [6.45, 7) is 0. The van der Waals surface area contributed by atoms with E-state index in [2.05, 4.69) is 11.1 Å². The lowest BCUT2D eigenvalue weighted by atomic mass is 10.1. The number of rotatable bonds is 2. The van der Waals surface area contributed by atoms with Crippen LogP contribution in [0, 0.1) is 11.3 Å². The number of phenolic OH excluding ortho intramolecular Hbond substituents is 1. The standard InChI is InChI=1S/C19H10N2O3S/c20-10-13(18-21-15-3-1-2-4-17(15)25-18)8-12-7-11-5-6-14(22)9-16(11)24-19(12)23/h1-9,22H. The minimum atomic E-state index is -0.577. The molecule has 0 aliphatic rings. The largest absolute Gasteiger partial charge is 0.508 e. The molecule has 0 amide bonds. The average molecular weight is 346 g/mol. The van der Waals surface area contributed by atoms with Gasteiger partial charge in [0.05, 0.1) is 21.4 Å². The Balaban J connectivity index is 1.86. The first kappa shape index (κ1) is 15.1. The molecule has 5 nitrogen and oxygen atoms in total. The van der Waals surface area contributed by atoms with Crippen molar-refractivity contribution in [2.75, 3.05) is 0 Å². The number of aromatic nitrogens is 1. The van der Waals surface area contributed by atoms with Crippen molar-refractivity contribution in [3.63, 3.8) is 0 Å². The fourth-order valence-electron chi connectivity index (χ4n) is 2.50. The lowest BCUT2D eigenvalue weighted by Crippen LogP contribution is -2.02. The first-order valence-electron chi connectivity index (χ1n) is 7.39. The summed E-state index contributed by atoms with van der Waals surface area (Å²) in [6.07, 6.45) is 1.48. The van der Waals surface area contributed by atoms with Crippen LogP contribution < -0.4 is 5.63 Å². The second-order valence-corrected chi connectivity index (χ2v) is 6.40. The molecule has 0 saturated carbocycles. The van der Waals surface area contributed by atoms with E-state index in [9.17, 15) is 15.2 Å². The van der Waals surface area contributed by atoms with Gasteiger partial charge in [-0.1, -0.05) is 12.1 Å². The lowest BCUT2D eigenvalue weighted by molar-refractivity contribution is 0.473. The van der Waals surface area contributed by atoms with Crippen LogP contribution in [0.15, 0.2) is 57.7 Å². The highest BCUT2D eigenvalue weighted by Crippen LogP contribution is 2.28. The van der Waals surface area contributed by atoms with Crippen LogP contribution in [0.2, 0.25) is 0 Å². The fourth-order valence-corrected chi connectivity index (χ4v) is 3.43. The number of nitrogens with zero attached hydrogens (tertiary/aromatic N) is 2. The maximum absolute atomic E-state index is 12.2. The molecule has 0 radical (unpaired) electrons. The summed E-state index contributed by atoms with van der Waals surface area (Å²) in [5.41, 5.74) is 1.08. The molecule has 0 aliphatic heterocycles. The zero-order chi connectivity index (χ0) is 17.4. The Morgan fingerprint density at radius 3 is 2.88 bits per heavy atom. The van der Waals surface area contributed by atoms with E-state index in [0.29, 0.717) is 21.5 Å². The van der Waals surface area contributed by atoms with Crippen molar-refractivity contribution in [2.24, 2.45) is 0 Å². The third kappa shape index (κ3) is 2.77. The summed E-state index contributed by atoms with van der Waals surface area (Å²) in [5, 5.41) is 20.2. The van der Waals surface area contributed by atoms with Crippen LogP contribution in [0.3, 0.4) is 0 Å². The number of aromatic hydroxyl groups is 1. The number of benzene rings is 2. The van der Waals surface area contributed by atoms with Crippen molar-refractivity contribution >= 4 is 44.2 Å². The van der Waals surface area contributed by atoms with Gasteiger partial charge in [0.25, 0.3) is 0 Å². The van der Waals surface area contributed by atoms with Gasteiger partial charge in [0.15, 0.2) is 0 Å². The van der Waals surface area contributed by atoms with Crippen molar-refractivity contribution in [2.45, 2.75) is 0 Å². The van der Waals surface area contributed by atoms with E-state index in [1.807, 2.05) is 24.3 Å². The van der Waals surface area contributed by atoms with Crippen molar-refractivity contribution in [3.8, 4) is 11.8 Å². The van der Waals surface area contributed by atoms with Crippen LogP contribution in [0.4, 0.5) is 0 Å². The van der Waals surface area contributed by atoms with Gasteiger partial charge in [0.2, 0.25) is 0 Å². The third-order valence-electron chi connectivity index (χ3n) is 3.69. The quantitative estimate of drug-likeness (QED) is 0.435. The maximum Gasteiger partial charge on any atom is 0.343 e. The van der Waals surface area contributed by atoms with Gasteiger partial charge in [-0.2, -0.15) is 5.26 Å². The van der Waals surface area contributed by atoms with Crippen molar-refractivity contribution < 1.29 is 9.52 Å². The second-order valence-electron chi connectivity index (χ2n) is 5.37. The molecule has 0 atom stereocenters. The summed E-state index contributed by atoms with van der Waals surface area (Å²) in [6, 6.07) is 15.9. The van der Waals surface area contributed by atoms with Crippen LogP contribution in [0.5, 0.6) is 5.75 Å². The molecule has 4 rings (SSSR count). The van der Waals surface area contributed by atoms with Crippen LogP contribution in [-0.2, 0) is 0 Å². The van der Waals surface area contributed by atoms with Gasteiger partial charge in [-0.05, 0) is 36.4 Å². The molecule has 120 valence electrons. The Labute approximate surface area is 145 Å². The molecule has 2 aromatic carbocycles. The average Bonchev–Trinajstić information content (AvgIpc) is 3.03. The molecule has 4 aromatic rings. The van der Waals surface area contributed by atoms with Crippen LogP contribution >= 0.6 is 11.3 Å². The number of thiazole rings is 1. The molecule has 2 heterocycles. The summed E-state index contributed by atoms with van der Waals surface area (Å²) >= 11 is 1.39. The minimum absolute atomic E-state index is 0.0196. The van der Waals surface area contributed by atoms with Gasteiger partial charge in [-0.3, -0.25) is 0 Å². The maximum atomic E-state index is 12.2. The fraction of sp³-hybridized carbons (Fsp3) is 0. The summed E-state index contributed by atoms with van der Waals surface area (Å²) < 4.78 is 6.20. The van der Waals surface area contributed by atoms with Gasteiger partial charge < -0.3 is 9.52 Å². The number of allylic oxidation sites excluding steroid dienone is 1. The zero-order valence-electron chi connectivity index (χ0n) is 12.8. The van der Waals surface area contributed by atoms with E-state index < -0.39 is 5.63 Å². The predicted molar refractivity (Wildman–Crippen MR) is 97.3 cm³/mol. The van der Waals surface area contributed by atoms with Crippen molar-refractivity contribution in [1.82, 2.24) is 4.98 Å². The van der Waals surface area contributed by atoms with Gasteiger partial charge in [-0.15, -0.1) is 11.3 Å². The highest BCUT2D eigenvalue weighted by Gasteiger charge is 2.11. The number of phenols is 1. The summed E-state index contributed by atoms with van der Waals surface area (Å²) in [7, 11) is 0. The normalized spacial score (nSPS) is 11.7. The number of hydrogen-bond donors (Lipinski definition) is 1. The number of para-hydroxylation sites is 1. The molecule has 0 bridgehead atoms. The first-order valence-corrected chi connectivity index (χ1v) is 8.20. The summed E-state index contributed by atoms with van der Waals surface area (Å²) in [5.74, 6) is 0.0196. The van der Waals surface area contributed by atoms with E-state index in [0.717, 1.165) is 10.2 Å².